The van der Waals surface area contributed by atoms with E-state index in [1.807, 2.05) is 43.3 Å². The SMILES string of the molecule is CNS(=O)(=O)Cc1ccc(CNC(=O)CCOc2cccc(C)c2)cc1. The molecule has 0 saturated heterocycles. The summed E-state index contributed by atoms with van der Waals surface area (Å²) in [4.78, 5) is 11.9. The molecular formula is C19H24N2O4S. The van der Waals surface area contributed by atoms with Crippen LogP contribution in [0, 0.1) is 6.92 Å². The molecule has 0 spiro atoms. The first-order valence-electron chi connectivity index (χ1n) is 8.33. The van der Waals surface area contributed by atoms with Crippen LogP contribution in [0.15, 0.2) is 48.5 Å². The van der Waals surface area contributed by atoms with Crippen LogP contribution in [0.2, 0.25) is 0 Å². The van der Waals surface area contributed by atoms with Gasteiger partial charge in [-0.1, -0.05) is 36.4 Å². The second kappa shape index (κ2) is 9.35. The van der Waals surface area contributed by atoms with Crippen LogP contribution in [0.1, 0.15) is 23.1 Å². The Morgan fingerprint density at radius 3 is 2.42 bits per heavy atom. The van der Waals surface area contributed by atoms with Gasteiger partial charge in [-0.3, -0.25) is 4.79 Å². The largest absolute Gasteiger partial charge is 0.493 e. The number of rotatable bonds is 9. The van der Waals surface area contributed by atoms with Crippen LogP contribution in [0.25, 0.3) is 0 Å². The summed E-state index contributed by atoms with van der Waals surface area (Å²) < 4.78 is 30.9. The summed E-state index contributed by atoms with van der Waals surface area (Å²) in [6, 6.07) is 14.8. The number of amides is 1. The van der Waals surface area contributed by atoms with Crippen molar-refractivity contribution in [1.29, 1.82) is 0 Å². The summed E-state index contributed by atoms with van der Waals surface area (Å²) >= 11 is 0. The van der Waals surface area contributed by atoms with E-state index < -0.39 is 10.0 Å². The van der Waals surface area contributed by atoms with Crippen molar-refractivity contribution < 1.29 is 17.9 Å². The molecule has 2 N–H and O–H groups in total. The zero-order valence-corrected chi connectivity index (χ0v) is 15.8. The first-order chi connectivity index (χ1) is 12.4. The number of aryl methyl sites for hydroxylation is 1. The van der Waals surface area contributed by atoms with Gasteiger partial charge in [0.1, 0.15) is 5.75 Å². The van der Waals surface area contributed by atoms with Gasteiger partial charge in [-0.2, -0.15) is 0 Å². The molecule has 0 heterocycles. The highest BCUT2D eigenvalue weighted by molar-refractivity contribution is 7.88. The molecule has 6 nitrogen and oxygen atoms in total. The van der Waals surface area contributed by atoms with Crippen LogP contribution in [0.3, 0.4) is 0 Å². The van der Waals surface area contributed by atoms with Crippen LogP contribution in [0.5, 0.6) is 5.75 Å². The van der Waals surface area contributed by atoms with Gasteiger partial charge in [0.15, 0.2) is 0 Å². The quantitative estimate of drug-likeness (QED) is 0.702. The molecule has 0 aliphatic carbocycles. The fourth-order valence-corrected chi connectivity index (χ4v) is 3.08. The molecule has 2 aromatic rings. The molecule has 0 fully saturated rings. The number of benzene rings is 2. The minimum Gasteiger partial charge on any atom is -0.493 e. The van der Waals surface area contributed by atoms with Crippen molar-refractivity contribution in [2.75, 3.05) is 13.7 Å². The average molecular weight is 376 g/mol. The van der Waals surface area contributed by atoms with Gasteiger partial charge < -0.3 is 10.1 Å². The van der Waals surface area contributed by atoms with E-state index in [0.717, 1.165) is 16.9 Å². The van der Waals surface area contributed by atoms with Gasteiger partial charge in [-0.25, -0.2) is 13.1 Å². The molecule has 0 radical (unpaired) electrons. The maximum absolute atomic E-state index is 11.9. The molecule has 0 aliphatic rings. The average Bonchev–Trinajstić information content (AvgIpc) is 2.61. The molecule has 0 aromatic heterocycles. The Hall–Kier alpha value is -2.38. The van der Waals surface area contributed by atoms with Crippen molar-refractivity contribution in [3.8, 4) is 5.75 Å². The zero-order chi connectivity index (χ0) is 19.0. The van der Waals surface area contributed by atoms with Crippen LogP contribution in [-0.4, -0.2) is 28.0 Å². The lowest BCUT2D eigenvalue weighted by molar-refractivity contribution is -0.121. The molecule has 1 amide bonds. The van der Waals surface area contributed by atoms with Gasteiger partial charge in [0.2, 0.25) is 15.9 Å². The highest BCUT2D eigenvalue weighted by atomic mass is 32.2. The zero-order valence-electron chi connectivity index (χ0n) is 15.0. The molecule has 0 bridgehead atoms. The first kappa shape index (κ1) is 19.9. The Kier molecular flexibility index (Phi) is 7.17. The normalized spacial score (nSPS) is 11.2. The van der Waals surface area contributed by atoms with Crippen LogP contribution < -0.4 is 14.8 Å². The van der Waals surface area contributed by atoms with E-state index in [2.05, 4.69) is 10.0 Å². The monoisotopic (exact) mass is 376 g/mol. The van der Waals surface area contributed by atoms with Gasteiger partial charge in [0.05, 0.1) is 18.8 Å². The number of nitrogens with one attached hydrogen (secondary N) is 2. The minimum absolute atomic E-state index is 0.0631. The number of ether oxygens (including phenoxy) is 1. The first-order valence-corrected chi connectivity index (χ1v) is 9.98. The Morgan fingerprint density at radius 1 is 1.08 bits per heavy atom. The van der Waals surface area contributed by atoms with E-state index in [1.165, 1.54) is 7.05 Å². The predicted molar refractivity (Wildman–Crippen MR) is 101 cm³/mol. The van der Waals surface area contributed by atoms with Crippen molar-refractivity contribution in [1.82, 2.24) is 10.0 Å². The molecule has 26 heavy (non-hydrogen) atoms. The van der Waals surface area contributed by atoms with E-state index in [9.17, 15) is 13.2 Å². The second-order valence-electron chi connectivity index (χ2n) is 5.97. The summed E-state index contributed by atoms with van der Waals surface area (Å²) in [5.74, 6) is 0.594. The van der Waals surface area contributed by atoms with Gasteiger partial charge in [0, 0.05) is 6.54 Å². The summed E-state index contributed by atoms with van der Waals surface area (Å²) in [6.45, 7) is 2.69. The van der Waals surface area contributed by atoms with Crippen molar-refractivity contribution in [2.24, 2.45) is 0 Å². The molecule has 7 heteroatoms. The Balaban J connectivity index is 1.73. The van der Waals surface area contributed by atoms with Crippen LogP contribution >= 0.6 is 0 Å². The van der Waals surface area contributed by atoms with Crippen molar-refractivity contribution in [3.05, 3.63) is 65.2 Å². The minimum atomic E-state index is -3.28. The highest BCUT2D eigenvalue weighted by Gasteiger charge is 2.08. The number of sulfonamides is 1. The topological polar surface area (TPSA) is 84.5 Å². The summed E-state index contributed by atoms with van der Waals surface area (Å²) in [7, 11) is -1.89. The Labute approximate surface area is 154 Å². The van der Waals surface area contributed by atoms with E-state index in [4.69, 9.17) is 4.74 Å². The molecule has 0 aliphatic heterocycles. The molecule has 0 saturated carbocycles. The summed E-state index contributed by atoms with van der Waals surface area (Å²) in [5, 5.41) is 2.83. The van der Waals surface area contributed by atoms with Gasteiger partial charge in [-0.15, -0.1) is 0 Å². The van der Waals surface area contributed by atoms with E-state index in [1.54, 1.807) is 12.1 Å². The molecule has 2 aromatic carbocycles. The number of carbonyl (C=O) groups excluding carboxylic acids is 1. The van der Waals surface area contributed by atoms with Crippen molar-refractivity contribution in [2.45, 2.75) is 25.6 Å². The fraction of sp³-hybridized carbons (Fsp3) is 0.316. The van der Waals surface area contributed by atoms with Crippen molar-refractivity contribution >= 4 is 15.9 Å². The highest BCUT2D eigenvalue weighted by Crippen LogP contribution is 2.12. The van der Waals surface area contributed by atoms with Crippen LogP contribution in [-0.2, 0) is 27.1 Å². The standard InChI is InChI=1S/C19H24N2O4S/c1-15-4-3-5-18(12-15)25-11-10-19(22)21-13-16-6-8-17(9-7-16)14-26(23,24)20-2/h3-9,12,20H,10-11,13-14H2,1-2H3,(H,21,22). The maximum atomic E-state index is 11.9. The number of hydrogen-bond acceptors (Lipinski definition) is 4. The smallest absolute Gasteiger partial charge is 0.223 e. The molecular weight excluding hydrogens is 352 g/mol. The number of carbonyl (C=O) groups is 1. The van der Waals surface area contributed by atoms with E-state index >= 15 is 0 Å². The lowest BCUT2D eigenvalue weighted by Crippen LogP contribution is -2.24. The third-order valence-electron chi connectivity index (χ3n) is 3.77. The maximum Gasteiger partial charge on any atom is 0.223 e. The molecule has 0 unspecified atom stereocenters. The Morgan fingerprint density at radius 2 is 1.77 bits per heavy atom. The van der Waals surface area contributed by atoms with Gasteiger partial charge in [-0.05, 0) is 42.8 Å². The molecule has 0 atom stereocenters. The third kappa shape index (κ3) is 6.85. The lowest BCUT2D eigenvalue weighted by atomic mass is 10.1. The van der Waals surface area contributed by atoms with Gasteiger partial charge >= 0.3 is 0 Å². The predicted octanol–water partition coefficient (Wildman–Crippen LogP) is 2.13. The lowest BCUT2D eigenvalue weighted by Gasteiger charge is -2.08. The van der Waals surface area contributed by atoms with Gasteiger partial charge in [0.25, 0.3) is 0 Å². The summed E-state index contributed by atoms with van der Waals surface area (Å²) in [5.41, 5.74) is 2.71. The molecule has 2 rings (SSSR count). The molecule has 140 valence electrons. The van der Waals surface area contributed by atoms with E-state index in [0.29, 0.717) is 18.7 Å². The van der Waals surface area contributed by atoms with Crippen LogP contribution in [0.4, 0.5) is 0 Å². The fourth-order valence-electron chi connectivity index (χ4n) is 2.30. The number of hydrogen-bond donors (Lipinski definition) is 2. The second-order valence-corrected chi connectivity index (χ2v) is 7.90. The van der Waals surface area contributed by atoms with E-state index in [-0.39, 0.29) is 18.1 Å². The summed E-state index contributed by atoms with van der Waals surface area (Å²) in [6.07, 6.45) is 0.270. The van der Waals surface area contributed by atoms with Crippen molar-refractivity contribution in [3.63, 3.8) is 0 Å². The third-order valence-corrected chi connectivity index (χ3v) is 5.10. The Bertz CT molecular complexity index is 833.